The lowest BCUT2D eigenvalue weighted by molar-refractivity contribution is -0.116. The zero-order chi connectivity index (χ0) is 16.6. The smallest absolute Gasteiger partial charge is 0.408 e. The Bertz CT molecular complexity index is 939. The first-order valence-corrected chi connectivity index (χ1v) is 7.34. The molecule has 3 rings (SSSR count). The van der Waals surface area contributed by atoms with Crippen molar-refractivity contribution in [1.82, 2.24) is 9.55 Å². The summed E-state index contributed by atoms with van der Waals surface area (Å²) in [7, 11) is 0. The largest absolute Gasteiger partial charge is 0.420 e. The van der Waals surface area contributed by atoms with E-state index in [9.17, 15) is 9.59 Å². The van der Waals surface area contributed by atoms with Crippen molar-refractivity contribution in [3.8, 4) is 0 Å². The Labute approximate surface area is 136 Å². The predicted octanol–water partition coefficient (Wildman–Crippen LogP) is 2.90. The molecular weight excluding hydrogens is 318 g/mol. The summed E-state index contributed by atoms with van der Waals surface area (Å²) in [4.78, 5) is 28.3. The van der Waals surface area contributed by atoms with Gasteiger partial charge >= 0.3 is 5.76 Å². The molecule has 1 N–H and O–H groups in total. The summed E-state index contributed by atoms with van der Waals surface area (Å²) in [5, 5.41) is 3.15. The number of oxazole rings is 1. The summed E-state index contributed by atoms with van der Waals surface area (Å²) in [6.07, 6.45) is 0. The minimum absolute atomic E-state index is 0.180. The lowest BCUT2D eigenvalue weighted by Crippen LogP contribution is -2.25. The predicted molar refractivity (Wildman–Crippen MR) is 87.8 cm³/mol. The molecule has 0 atom stereocenters. The van der Waals surface area contributed by atoms with Gasteiger partial charge < -0.3 is 9.73 Å². The second kappa shape index (κ2) is 5.89. The summed E-state index contributed by atoms with van der Waals surface area (Å²) >= 11 is 5.93. The van der Waals surface area contributed by atoms with Gasteiger partial charge in [0.1, 0.15) is 12.4 Å². The highest BCUT2D eigenvalue weighted by Gasteiger charge is 2.13. The molecule has 1 amide bonds. The number of carbonyl (C=O) groups excluding carboxylic acids is 1. The molecule has 0 unspecified atom stereocenters. The number of amides is 1. The summed E-state index contributed by atoms with van der Waals surface area (Å²) in [5.41, 5.74) is 2.66. The van der Waals surface area contributed by atoms with Crippen LogP contribution in [-0.2, 0) is 11.3 Å². The summed E-state index contributed by atoms with van der Waals surface area (Å²) in [5.74, 6) is -0.524. The number of hydrogen-bond acceptors (Lipinski definition) is 4. The van der Waals surface area contributed by atoms with Gasteiger partial charge in [0.15, 0.2) is 5.58 Å². The number of nitrogens with zero attached hydrogens (tertiary/aromatic N) is 2. The molecule has 0 aliphatic carbocycles. The fraction of sp³-hybridized carbons (Fsp3) is 0.188. The normalized spacial score (nSPS) is 10.9. The van der Waals surface area contributed by atoms with E-state index in [1.165, 1.54) is 4.57 Å². The molecule has 2 heterocycles. The molecule has 118 valence electrons. The average molecular weight is 332 g/mol. The van der Waals surface area contributed by atoms with Crippen LogP contribution in [-0.4, -0.2) is 15.5 Å². The monoisotopic (exact) mass is 331 g/mol. The van der Waals surface area contributed by atoms with Crippen LogP contribution in [0.2, 0.25) is 5.02 Å². The van der Waals surface area contributed by atoms with Crippen molar-refractivity contribution in [2.45, 2.75) is 20.4 Å². The first kappa shape index (κ1) is 15.3. The van der Waals surface area contributed by atoms with Crippen LogP contribution in [0.15, 0.2) is 39.5 Å². The van der Waals surface area contributed by atoms with Crippen molar-refractivity contribution in [1.29, 1.82) is 0 Å². The summed E-state index contributed by atoms with van der Waals surface area (Å²) in [6.45, 7) is 3.58. The van der Waals surface area contributed by atoms with Gasteiger partial charge in [-0.2, -0.15) is 0 Å². The van der Waals surface area contributed by atoms with Crippen molar-refractivity contribution in [2.24, 2.45) is 0 Å². The molecule has 0 aliphatic heterocycles. The maximum atomic E-state index is 12.2. The molecule has 23 heavy (non-hydrogen) atoms. The third-order valence-electron chi connectivity index (χ3n) is 3.30. The highest BCUT2D eigenvalue weighted by molar-refractivity contribution is 6.31. The number of benzene rings is 1. The van der Waals surface area contributed by atoms with Crippen LogP contribution in [0.1, 0.15) is 11.3 Å². The number of rotatable bonds is 3. The first-order valence-electron chi connectivity index (χ1n) is 6.96. The molecule has 0 bridgehead atoms. The van der Waals surface area contributed by atoms with Gasteiger partial charge in [-0.1, -0.05) is 11.6 Å². The van der Waals surface area contributed by atoms with Gasteiger partial charge in [0.25, 0.3) is 0 Å². The molecule has 6 nitrogen and oxygen atoms in total. The number of pyridine rings is 1. The van der Waals surface area contributed by atoms with Gasteiger partial charge in [0, 0.05) is 10.7 Å². The Hall–Kier alpha value is -2.60. The fourth-order valence-electron chi connectivity index (χ4n) is 2.42. The van der Waals surface area contributed by atoms with E-state index < -0.39 is 5.76 Å². The molecule has 0 fully saturated rings. The Morgan fingerprint density at radius 3 is 2.83 bits per heavy atom. The molecule has 0 saturated heterocycles. The van der Waals surface area contributed by atoms with E-state index in [-0.39, 0.29) is 12.5 Å². The number of aromatic nitrogens is 2. The average Bonchev–Trinajstić information content (AvgIpc) is 2.74. The maximum Gasteiger partial charge on any atom is 0.420 e. The van der Waals surface area contributed by atoms with Crippen LogP contribution in [0.5, 0.6) is 0 Å². The Morgan fingerprint density at radius 2 is 2.09 bits per heavy atom. The van der Waals surface area contributed by atoms with Crippen molar-refractivity contribution in [2.75, 3.05) is 5.32 Å². The quantitative estimate of drug-likeness (QED) is 0.800. The van der Waals surface area contributed by atoms with Gasteiger partial charge in [-0.25, -0.2) is 9.78 Å². The molecule has 3 aromatic rings. The SMILES string of the molecule is Cc1cc(C)nc(NC(=O)Cn2c(=O)oc3ccc(Cl)cc32)c1. The van der Waals surface area contributed by atoms with Crippen molar-refractivity contribution < 1.29 is 9.21 Å². The highest BCUT2D eigenvalue weighted by Crippen LogP contribution is 2.18. The third kappa shape index (κ3) is 3.27. The number of nitrogens with one attached hydrogen (secondary N) is 1. The number of anilines is 1. The minimum Gasteiger partial charge on any atom is -0.408 e. The van der Waals surface area contributed by atoms with Crippen LogP contribution in [0, 0.1) is 13.8 Å². The third-order valence-corrected chi connectivity index (χ3v) is 3.53. The van der Waals surface area contributed by atoms with Gasteiger partial charge in [0.2, 0.25) is 5.91 Å². The standard InChI is InChI=1S/C16H14ClN3O3/c1-9-5-10(2)18-14(6-9)19-15(21)8-20-12-7-11(17)3-4-13(12)23-16(20)22/h3-7H,8H2,1-2H3,(H,18,19,21). The fourth-order valence-corrected chi connectivity index (χ4v) is 2.58. The zero-order valence-corrected chi connectivity index (χ0v) is 13.3. The van der Waals surface area contributed by atoms with Gasteiger partial charge in [-0.3, -0.25) is 9.36 Å². The van der Waals surface area contributed by atoms with Crippen molar-refractivity contribution in [3.05, 3.63) is 57.2 Å². The van der Waals surface area contributed by atoms with Crippen molar-refractivity contribution in [3.63, 3.8) is 0 Å². The van der Waals surface area contributed by atoms with Crippen LogP contribution in [0.4, 0.5) is 5.82 Å². The number of hydrogen-bond donors (Lipinski definition) is 1. The lowest BCUT2D eigenvalue weighted by Gasteiger charge is -2.07. The van der Waals surface area contributed by atoms with Gasteiger partial charge in [-0.15, -0.1) is 0 Å². The van der Waals surface area contributed by atoms with E-state index in [2.05, 4.69) is 10.3 Å². The van der Waals surface area contributed by atoms with E-state index in [1.807, 2.05) is 19.9 Å². The number of carbonyl (C=O) groups is 1. The Balaban J connectivity index is 1.87. The van der Waals surface area contributed by atoms with E-state index in [0.717, 1.165) is 11.3 Å². The zero-order valence-electron chi connectivity index (χ0n) is 12.6. The van der Waals surface area contributed by atoms with Crippen LogP contribution < -0.4 is 11.1 Å². The van der Waals surface area contributed by atoms with Gasteiger partial charge in [-0.05, 0) is 49.7 Å². The minimum atomic E-state index is -0.606. The molecule has 1 aromatic carbocycles. The van der Waals surface area contributed by atoms with Gasteiger partial charge in [0.05, 0.1) is 5.52 Å². The van der Waals surface area contributed by atoms with E-state index in [1.54, 1.807) is 24.3 Å². The van der Waals surface area contributed by atoms with E-state index in [4.69, 9.17) is 16.0 Å². The van der Waals surface area contributed by atoms with Crippen LogP contribution in [0.3, 0.4) is 0 Å². The first-order chi connectivity index (χ1) is 10.9. The molecule has 0 aliphatic rings. The molecule has 0 radical (unpaired) electrons. The van der Waals surface area contributed by atoms with Crippen molar-refractivity contribution >= 4 is 34.4 Å². The van der Waals surface area contributed by atoms with Crippen LogP contribution in [0.25, 0.3) is 11.1 Å². The topological polar surface area (TPSA) is 77.1 Å². The number of aryl methyl sites for hydroxylation is 2. The highest BCUT2D eigenvalue weighted by atomic mass is 35.5. The number of halogens is 1. The van der Waals surface area contributed by atoms with E-state index in [0.29, 0.717) is 21.9 Å². The summed E-state index contributed by atoms with van der Waals surface area (Å²) < 4.78 is 6.33. The Kier molecular flexibility index (Phi) is 3.92. The van der Waals surface area contributed by atoms with E-state index >= 15 is 0 Å². The maximum absolute atomic E-state index is 12.2. The molecule has 0 spiro atoms. The second-order valence-corrected chi connectivity index (χ2v) is 5.72. The second-order valence-electron chi connectivity index (χ2n) is 5.29. The van der Waals surface area contributed by atoms with Crippen LogP contribution >= 0.6 is 11.6 Å². The summed E-state index contributed by atoms with van der Waals surface area (Å²) in [6, 6.07) is 8.48. The molecular formula is C16H14ClN3O3. The molecule has 7 heteroatoms. The molecule has 0 saturated carbocycles. The number of fused-ring (bicyclic) bond motifs is 1. The Morgan fingerprint density at radius 1 is 1.30 bits per heavy atom. The lowest BCUT2D eigenvalue weighted by atomic mass is 10.2. The molecule has 2 aromatic heterocycles.